The molecular formula is C24H20N4O5S. The van der Waals surface area contributed by atoms with Crippen LogP contribution in [-0.4, -0.2) is 46.1 Å². The maximum atomic E-state index is 13.0. The van der Waals surface area contributed by atoms with Crippen molar-refractivity contribution in [1.82, 2.24) is 14.8 Å². The highest BCUT2D eigenvalue weighted by Gasteiger charge is 2.35. The number of benzene rings is 1. The number of thiophene rings is 1. The number of amides is 1. The van der Waals surface area contributed by atoms with E-state index in [-0.39, 0.29) is 11.4 Å². The summed E-state index contributed by atoms with van der Waals surface area (Å²) in [6.45, 7) is -0.501. The molecule has 10 heteroatoms. The van der Waals surface area contributed by atoms with Gasteiger partial charge in [0.05, 0.1) is 35.8 Å². The van der Waals surface area contributed by atoms with Crippen molar-refractivity contribution in [2.75, 3.05) is 13.7 Å². The molecule has 1 amide bonds. The lowest BCUT2D eigenvalue weighted by atomic mass is 10.1. The fraction of sp³-hybridized carbons (Fsp3) is 0.167. The average Bonchev–Trinajstić information content (AvgIpc) is 3.68. The van der Waals surface area contributed by atoms with Crippen LogP contribution in [0.1, 0.15) is 33.6 Å². The summed E-state index contributed by atoms with van der Waals surface area (Å²) in [5, 5.41) is 12.1. The number of esters is 1. The highest BCUT2D eigenvalue weighted by molar-refractivity contribution is 7.12. The quantitative estimate of drug-likeness (QED) is 0.373. The van der Waals surface area contributed by atoms with Gasteiger partial charge in [-0.2, -0.15) is 10.2 Å². The van der Waals surface area contributed by atoms with Crippen molar-refractivity contribution >= 4 is 28.9 Å². The van der Waals surface area contributed by atoms with Gasteiger partial charge in [-0.3, -0.25) is 4.79 Å². The number of carbonyl (C=O) groups is 2. The average molecular weight is 477 g/mol. The monoisotopic (exact) mass is 476 g/mol. The standard InChI is InChI=1S/C24H20N4O5S/c1-31-20-14-27(16-7-3-2-4-8-16)26-23(20)24(30)33-15-22(29)28-18(19-9-5-11-32-19)13-17(25-28)21-10-6-12-34-21/h2-12,14,18H,13,15H2,1H3. The van der Waals surface area contributed by atoms with Crippen LogP contribution in [0.3, 0.4) is 0 Å². The molecule has 0 fully saturated rings. The number of ether oxygens (including phenoxy) is 2. The van der Waals surface area contributed by atoms with E-state index < -0.39 is 24.5 Å². The first kappa shape index (κ1) is 21.7. The van der Waals surface area contributed by atoms with E-state index in [2.05, 4.69) is 10.2 Å². The highest BCUT2D eigenvalue weighted by Crippen LogP contribution is 2.34. The van der Waals surface area contributed by atoms with E-state index in [4.69, 9.17) is 13.9 Å². The molecule has 0 radical (unpaired) electrons. The number of aromatic nitrogens is 2. The molecule has 1 aliphatic rings. The highest BCUT2D eigenvalue weighted by atomic mass is 32.1. The number of carbonyl (C=O) groups excluding carboxylic acids is 2. The van der Waals surface area contributed by atoms with Crippen LogP contribution in [0.25, 0.3) is 5.69 Å². The van der Waals surface area contributed by atoms with Crippen LogP contribution in [0.15, 0.2) is 82.0 Å². The number of methoxy groups -OCH3 is 1. The molecule has 34 heavy (non-hydrogen) atoms. The van der Waals surface area contributed by atoms with Crippen molar-refractivity contribution in [2.24, 2.45) is 5.10 Å². The smallest absolute Gasteiger partial charge is 0.363 e. The Morgan fingerprint density at radius 2 is 2.00 bits per heavy atom. The normalized spacial score (nSPS) is 15.3. The lowest BCUT2D eigenvalue weighted by molar-refractivity contribution is -0.136. The van der Waals surface area contributed by atoms with Gasteiger partial charge in [-0.1, -0.05) is 24.3 Å². The molecule has 1 aromatic carbocycles. The van der Waals surface area contributed by atoms with E-state index in [1.807, 2.05) is 47.8 Å². The molecule has 9 nitrogen and oxygen atoms in total. The minimum Gasteiger partial charge on any atom is -0.493 e. The van der Waals surface area contributed by atoms with Crippen LogP contribution in [0.5, 0.6) is 5.75 Å². The van der Waals surface area contributed by atoms with Gasteiger partial charge < -0.3 is 13.9 Å². The summed E-state index contributed by atoms with van der Waals surface area (Å²) in [7, 11) is 1.44. The van der Waals surface area contributed by atoms with Crippen molar-refractivity contribution < 1.29 is 23.5 Å². The zero-order chi connectivity index (χ0) is 23.5. The molecule has 4 heterocycles. The molecule has 1 atom stereocenters. The maximum Gasteiger partial charge on any atom is 0.363 e. The lowest BCUT2D eigenvalue weighted by Gasteiger charge is -2.19. The Bertz CT molecular complexity index is 1310. The summed E-state index contributed by atoms with van der Waals surface area (Å²) in [5.41, 5.74) is 1.51. The van der Waals surface area contributed by atoms with Gasteiger partial charge in [0, 0.05) is 6.42 Å². The van der Waals surface area contributed by atoms with Crippen molar-refractivity contribution in [3.8, 4) is 11.4 Å². The molecular weight excluding hydrogens is 456 g/mol. The van der Waals surface area contributed by atoms with Gasteiger partial charge in [0.2, 0.25) is 5.69 Å². The SMILES string of the molecule is COc1cn(-c2ccccc2)nc1C(=O)OCC(=O)N1N=C(c2cccs2)CC1c1ccco1. The molecule has 4 aromatic rings. The topological polar surface area (TPSA) is 99.2 Å². The number of para-hydroxylation sites is 1. The molecule has 0 saturated carbocycles. The van der Waals surface area contributed by atoms with Crippen LogP contribution in [0.4, 0.5) is 0 Å². The molecule has 1 unspecified atom stereocenters. The Morgan fingerprint density at radius 1 is 1.15 bits per heavy atom. The fourth-order valence-corrected chi connectivity index (χ4v) is 4.38. The molecule has 0 spiro atoms. The molecule has 0 saturated heterocycles. The second kappa shape index (κ2) is 9.36. The number of hydrogen-bond donors (Lipinski definition) is 0. The first-order valence-corrected chi connectivity index (χ1v) is 11.3. The van der Waals surface area contributed by atoms with Crippen LogP contribution >= 0.6 is 11.3 Å². The van der Waals surface area contributed by atoms with Gasteiger partial charge in [0.15, 0.2) is 12.4 Å². The molecule has 0 N–H and O–H groups in total. The van der Waals surface area contributed by atoms with Gasteiger partial charge in [0.25, 0.3) is 5.91 Å². The molecule has 1 aliphatic heterocycles. The summed E-state index contributed by atoms with van der Waals surface area (Å²) in [6, 6.07) is 16.3. The predicted octanol–water partition coefficient (Wildman–Crippen LogP) is 4.07. The summed E-state index contributed by atoms with van der Waals surface area (Å²) in [6.07, 6.45) is 3.64. The van der Waals surface area contributed by atoms with E-state index in [1.165, 1.54) is 16.8 Å². The van der Waals surface area contributed by atoms with Gasteiger partial charge in [-0.15, -0.1) is 11.3 Å². The van der Waals surface area contributed by atoms with E-state index in [1.54, 1.807) is 35.9 Å². The number of hydrogen-bond acceptors (Lipinski definition) is 8. The third kappa shape index (κ3) is 4.23. The molecule has 3 aromatic heterocycles. The van der Waals surface area contributed by atoms with E-state index in [0.717, 1.165) is 16.3 Å². The Morgan fingerprint density at radius 3 is 2.71 bits per heavy atom. The van der Waals surface area contributed by atoms with Gasteiger partial charge in [0.1, 0.15) is 11.8 Å². The second-order valence-electron chi connectivity index (χ2n) is 7.40. The number of hydrazone groups is 1. The third-order valence-electron chi connectivity index (χ3n) is 5.28. The minimum absolute atomic E-state index is 0.0223. The van der Waals surface area contributed by atoms with E-state index >= 15 is 0 Å². The largest absolute Gasteiger partial charge is 0.493 e. The summed E-state index contributed by atoms with van der Waals surface area (Å²) >= 11 is 1.54. The van der Waals surface area contributed by atoms with E-state index in [0.29, 0.717) is 12.2 Å². The summed E-state index contributed by atoms with van der Waals surface area (Å²) in [4.78, 5) is 26.7. The van der Waals surface area contributed by atoms with Crippen molar-refractivity contribution in [1.29, 1.82) is 0 Å². The Kier molecular flexibility index (Phi) is 5.96. The predicted molar refractivity (Wildman–Crippen MR) is 124 cm³/mol. The second-order valence-corrected chi connectivity index (χ2v) is 8.35. The van der Waals surface area contributed by atoms with Gasteiger partial charge in [-0.05, 0) is 35.7 Å². The maximum absolute atomic E-state index is 13.0. The van der Waals surface area contributed by atoms with Crippen molar-refractivity contribution in [3.05, 3.63) is 88.8 Å². The number of rotatable bonds is 7. The molecule has 5 rings (SSSR count). The molecule has 172 valence electrons. The Labute approximate surface area is 198 Å². The summed E-state index contributed by atoms with van der Waals surface area (Å²) in [5.74, 6) is -0.383. The lowest BCUT2D eigenvalue weighted by Crippen LogP contribution is -2.31. The fourth-order valence-electron chi connectivity index (χ4n) is 3.66. The van der Waals surface area contributed by atoms with Crippen LogP contribution in [0, 0.1) is 0 Å². The molecule has 0 aliphatic carbocycles. The zero-order valence-corrected chi connectivity index (χ0v) is 19.0. The molecule has 0 bridgehead atoms. The third-order valence-corrected chi connectivity index (χ3v) is 6.20. The van der Waals surface area contributed by atoms with Gasteiger partial charge >= 0.3 is 5.97 Å². The first-order chi connectivity index (χ1) is 16.6. The van der Waals surface area contributed by atoms with Gasteiger partial charge in [-0.25, -0.2) is 14.5 Å². The minimum atomic E-state index is -0.768. The van der Waals surface area contributed by atoms with E-state index in [9.17, 15) is 9.59 Å². The van der Waals surface area contributed by atoms with Crippen molar-refractivity contribution in [2.45, 2.75) is 12.5 Å². The zero-order valence-electron chi connectivity index (χ0n) is 18.2. The van der Waals surface area contributed by atoms with Crippen LogP contribution < -0.4 is 4.74 Å². The van der Waals surface area contributed by atoms with Crippen LogP contribution in [0.2, 0.25) is 0 Å². The van der Waals surface area contributed by atoms with Crippen molar-refractivity contribution in [3.63, 3.8) is 0 Å². The Hall–Kier alpha value is -4.18. The summed E-state index contributed by atoms with van der Waals surface area (Å²) < 4.78 is 17.6. The van der Waals surface area contributed by atoms with Crippen LogP contribution in [-0.2, 0) is 9.53 Å². The number of furan rings is 1. The first-order valence-electron chi connectivity index (χ1n) is 10.5. The Balaban J connectivity index is 1.32. The number of nitrogens with zero attached hydrogens (tertiary/aromatic N) is 4.